The number of hydrogen-bond acceptors (Lipinski definition) is 4. The molecule has 1 aliphatic rings. The summed E-state index contributed by atoms with van der Waals surface area (Å²) in [5.74, 6) is -0.606. The van der Waals surface area contributed by atoms with Gasteiger partial charge in [-0.1, -0.05) is 11.6 Å². The lowest BCUT2D eigenvalue weighted by Crippen LogP contribution is -2.30. The Bertz CT molecular complexity index is 946. The SMILES string of the molecule is C[C@H](Oc1ccc(F)cc1)C(=O)Nc1cc(S(=O)(=O)NC2CC2)ccc1Cl. The van der Waals surface area contributed by atoms with Gasteiger partial charge in [-0.25, -0.2) is 17.5 Å². The molecule has 1 amide bonds. The van der Waals surface area contributed by atoms with Crippen LogP contribution in [0.15, 0.2) is 47.4 Å². The fourth-order valence-corrected chi connectivity index (χ4v) is 3.76. The predicted octanol–water partition coefficient (Wildman–Crippen LogP) is 3.33. The summed E-state index contributed by atoms with van der Waals surface area (Å²) in [6, 6.07) is 9.30. The Balaban J connectivity index is 1.70. The van der Waals surface area contributed by atoms with Crippen LogP contribution in [0.4, 0.5) is 10.1 Å². The topological polar surface area (TPSA) is 84.5 Å². The van der Waals surface area contributed by atoms with Crippen LogP contribution in [0.3, 0.4) is 0 Å². The largest absolute Gasteiger partial charge is 0.481 e. The minimum absolute atomic E-state index is 0.0150. The van der Waals surface area contributed by atoms with Crippen LogP contribution in [0.2, 0.25) is 5.02 Å². The van der Waals surface area contributed by atoms with Crippen LogP contribution < -0.4 is 14.8 Å². The first-order valence-corrected chi connectivity index (χ1v) is 10.2. The van der Waals surface area contributed by atoms with Crippen molar-refractivity contribution in [1.82, 2.24) is 4.72 Å². The molecule has 1 saturated carbocycles. The van der Waals surface area contributed by atoms with E-state index in [4.69, 9.17) is 16.3 Å². The first-order valence-electron chi connectivity index (χ1n) is 8.29. The quantitative estimate of drug-likeness (QED) is 0.730. The van der Waals surface area contributed by atoms with Crippen LogP contribution in [-0.2, 0) is 14.8 Å². The van der Waals surface area contributed by atoms with Gasteiger partial charge in [0, 0.05) is 6.04 Å². The van der Waals surface area contributed by atoms with E-state index in [-0.39, 0.29) is 21.6 Å². The van der Waals surface area contributed by atoms with Crippen LogP contribution >= 0.6 is 11.6 Å². The van der Waals surface area contributed by atoms with Gasteiger partial charge in [0.05, 0.1) is 15.6 Å². The highest BCUT2D eigenvalue weighted by Gasteiger charge is 2.28. The van der Waals surface area contributed by atoms with Gasteiger partial charge in [0.2, 0.25) is 10.0 Å². The van der Waals surface area contributed by atoms with E-state index in [1.165, 1.54) is 49.4 Å². The van der Waals surface area contributed by atoms with Gasteiger partial charge >= 0.3 is 0 Å². The summed E-state index contributed by atoms with van der Waals surface area (Å²) in [4.78, 5) is 12.4. The molecule has 0 unspecified atom stereocenters. The zero-order valence-electron chi connectivity index (χ0n) is 14.4. The Morgan fingerprint density at radius 2 is 1.89 bits per heavy atom. The van der Waals surface area contributed by atoms with E-state index >= 15 is 0 Å². The minimum atomic E-state index is -3.67. The lowest BCUT2D eigenvalue weighted by molar-refractivity contribution is -0.122. The van der Waals surface area contributed by atoms with Gasteiger partial charge in [-0.2, -0.15) is 0 Å². The van der Waals surface area contributed by atoms with Gasteiger partial charge in [0.1, 0.15) is 11.6 Å². The van der Waals surface area contributed by atoms with Crippen molar-refractivity contribution in [2.24, 2.45) is 0 Å². The monoisotopic (exact) mass is 412 g/mol. The molecule has 2 aromatic carbocycles. The molecular weight excluding hydrogens is 395 g/mol. The first-order chi connectivity index (χ1) is 12.7. The Kier molecular flexibility index (Phi) is 5.69. The highest BCUT2D eigenvalue weighted by atomic mass is 35.5. The van der Waals surface area contributed by atoms with E-state index in [1.807, 2.05) is 0 Å². The summed E-state index contributed by atoms with van der Waals surface area (Å²) in [5.41, 5.74) is 0.162. The molecule has 6 nitrogen and oxygen atoms in total. The number of carbonyl (C=O) groups is 1. The second-order valence-electron chi connectivity index (χ2n) is 6.24. The van der Waals surface area contributed by atoms with Crippen molar-refractivity contribution in [3.05, 3.63) is 53.3 Å². The number of anilines is 1. The zero-order chi connectivity index (χ0) is 19.6. The maximum Gasteiger partial charge on any atom is 0.265 e. The van der Waals surface area contributed by atoms with Crippen molar-refractivity contribution in [2.75, 3.05) is 5.32 Å². The van der Waals surface area contributed by atoms with Gasteiger partial charge < -0.3 is 10.1 Å². The van der Waals surface area contributed by atoms with Crippen LogP contribution in [0.5, 0.6) is 5.75 Å². The molecule has 27 heavy (non-hydrogen) atoms. The molecule has 1 fully saturated rings. The number of hydrogen-bond donors (Lipinski definition) is 2. The summed E-state index contributed by atoms with van der Waals surface area (Å²) < 4.78 is 45.6. The number of benzene rings is 2. The van der Waals surface area contributed by atoms with Crippen LogP contribution in [0.1, 0.15) is 19.8 Å². The third-order valence-corrected chi connectivity index (χ3v) is 5.75. The number of carbonyl (C=O) groups excluding carboxylic acids is 1. The Morgan fingerprint density at radius 3 is 2.52 bits per heavy atom. The van der Waals surface area contributed by atoms with Crippen molar-refractivity contribution >= 4 is 33.2 Å². The maximum absolute atomic E-state index is 12.9. The van der Waals surface area contributed by atoms with Crippen LogP contribution in [0.25, 0.3) is 0 Å². The number of ether oxygens (including phenoxy) is 1. The van der Waals surface area contributed by atoms with E-state index in [2.05, 4.69) is 10.0 Å². The maximum atomic E-state index is 12.9. The molecule has 0 bridgehead atoms. The Morgan fingerprint density at radius 1 is 1.22 bits per heavy atom. The third-order valence-electron chi connectivity index (χ3n) is 3.90. The second kappa shape index (κ2) is 7.84. The van der Waals surface area contributed by atoms with E-state index in [0.29, 0.717) is 5.75 Å². The second-order valence-corrected chi connectivity index (χ2v) is 8.36. The molecule has 3 rings (SSSR count). The average molecular weight is 413 g/mol. The number of nitrogens with one attached hydrogen (secondary N) is 2. The Hall–Kier alpha value is -2.16. The molecule has 144 valence electrons. The molecule has 0 heterocycles. The molecule has 1 atom stereocenters. The lowest BCUT2D eigenvalue weighted by Gasteiger charge is -2.16. The average Bonchev–Trinajstić information content (AvgIpc) is 3.42. The van der Waals surface area contributed by atoms with E-state index in [1.54, 1.807) is 0 Å². The van der Waals surface area contributed by atoms with Crippen molar-refractivity contribution in [3.8, 4) is 5.75 Å². The number of rotatable bonds is 7. The van der Waals surface area contributed by atoms with Gasteiger partial charge in [-0.3, -0.25) is 4.79 Å². The van der Waals surface area contributed by atoms with Gasteiger partial charge in [0.15, 0.2) is 6.10 Å². The third kappa shape index (κ3) is 5.18. The predicted molar refractivity (Wildman–Crippen MR) is 99.9 cm³/mol. The molecule has 9 heteroatoms. The van der Waals surface area contributed by atoms with Gasteiger partial charge in [-0.15, -0.1) is 0 Å². The Labute approximate surface area is 161 Å². The normalized spacial score (nSPS) is 15.2. The highest BCUT2D eigenvalue weighted by Crippen LogP contribution is 2.28. The molecule has 0 aromatic heterocycles. The molecule has 1 aliphatic carbocycles. The van der Waals surface area contributed by atoms with Crippen LogP contribution in [0, 0.1) is 5.82 Å². The summed E-state index contributed by atoms with van der Waals surface area (Å²) >= 11 is 6.08. The molecule has 2 aromatic rings. The van der Waals surface area contributed by atoms with Crippen molar-refractivity contribution < 1.29 is 22.3 Å². The van der Waals surface area contributed by atoms with Crippen molar-refractivity contribution in [1.29, 1.82) is 0 Å². The summed E-state index contributed by atoms with van der Waals surface area (Å²) in [6.45, 7) is 1.52. The number of amides is 1. The summed E-state index contributed by atoms with van der Waals surface area (Å²) in [6.07, 6.45) is 0.722. The van der Waals surface area contributed by atoms with E-state index in [9.17, 15) is 17.6 Å². The summed E-state index contributed by atoms with van der Waals surface area (Å²) in [7, 11) is -3.67. The molecule has 0 saturated heterocycles. The zero-order valence-corrected chi connectivity index (χ0v) is 16.0. The van der Waals surface area contributed by atoms with E-state index in [0.717, 1.165) is 12.8 Å². The van der Waals surface area contributed by atoms with Gasteiger partial charge in [0.25, 0.3) is 5.91 Å². The molecule has 0 aliphatic heterocycles. The molecule has 0 spiro atoms. The fourth-order valence-electron chi connectivity index (χ4n) is 2.26. The summed E-state index contributed by atoms with van der Waals surface area (Å²) in [5, 5.41) is 2.76. The van der Waals surface area contributed by atoms with Crippen LogP contribution in [-0.4, -0.2) is 26.5 Å². The standard InChI is InChI=1S/C18H18ClFN2O4S/c1-11(26-14-6-2-12(20)3-7-14)18(23)21-17-10-15(8-9-16(17)19)27(24,25)22-13-4-5-13/h2-3,6-11,13,22H,4-5H2,1H3,(H,21,23)/t11-/m0/s1. The molecule has 0 radical (unpaired) electrons. The molecular formula is C18H18ClFN2O4S. The number of halogens is 2. The first kappa shape index (κ1) is 19.6. The molecule has 2 N–H and O–H groups in total. The van der Waals surface area contributed by atoms with Crippen molar-refractivity contribution in [3.63, 3.8) is 0 Å². The van der Waals surface area contributed by atoms with Crippen molar-refractivity contribution in [2.45, 2.75) is 36.8 Å². The van der Waals surface area contributed by atoms with E-state index < -0.39 is 27.9 Å². The minimum Gasteiger partial charge on any atom is -0.481 e. The smallest absolute Gasteiger partial charge is 0.265 e. The van der Waals surface area contributed by atoms with Gasteiger partial charge in [-0.05, 0) is 62.2 Å². The fraction of sp³-hybridized carbons (Fsp3) is 0.278. The number of sulfonamides is 1. The lowest BCUT2D eigenvalue weighted by atomic mass is 10.3. The highest BCUT2D eigenvalue weighted by molar-refractivity contribution is 7.89.